The molecule has 9 heteroatoms. The van der Waals surface area contributed by atoms with Crippen molar-refractivity contribution in [3.05, 3.63) is 0 Å². The molecular formula is C15H27N2O6S-. The topological polar surface area (TPSA) is 119 Å². The quantitative estimate of drug-likeness (QED) is 0.435. The maximum Gasteiger partial charge on any atom is 0.265 e. The summed E-state index contributed by atoms with van der Waals surface area (Å²) in [5, 5.41) is 12.0. The van der Waals surface area contributed by atoms with Crippen molar-refractivity contribution in [3.63, 3.8) is 0 Å². The SMILES string of the molecule is CN(C)C(=O)[C@H]1CC[C@@H](CS(=O)(=O)O)[C@H](N=C([O-])OC(C)(C)C)C1. The first-order valence-electron chi connectivity index (χ1n) is 7.88. The normalized spacial score (nSPS) is 26.1. The highest BCUT2D eigenvalue weighted by Gasteiger charge is 2.36. The molecular weight excluding hydrogens is 336 g/mol. The van der Waals surface area contributed by atoms with Crippen molar-refractivity contribution in [1.29, 1.82) is 0 Å². The van der Waals surface area contributed by atoms with Gasteiger partial charge < -0.3 is 14.7 Å². The molecule has 0 unspecified atom stereocenters. The minimum Gasteiger partial charge on any atom is -0.595 e. The fraction of sp³-hybridized carbons (Fsp3) is 0.867. The fourth-order valence-electron chi connectivity index (χ4n) is 2.85. The second-order valence-electron chi connectivity index (χ2n) is 7.43. The molecule has 1 saturated carbocycles. The zero-order chi connectivity index (χ0) is 18.7. The predicted octanol–water partition coefficient (Wildman–Crippen LogP) is 0.279. The van der Waals surface area contributed by atoms with Gasteiger partial charge in [0.15, 0.2) is 0 Å². The average Bonchev–Trinajstić information content (AvgIpc) is 2.35. The van der Waals surface area contributed by atoms with E-state index in [1.165, 1.54) is 4.90 Å². The minimum absolute atomic E-state index is 0.0790. The highest BCUT2D eigenvalue weighted by molar-refractivity contribution is 7.85. The molecule has 3 atom stereocenters. The molecule has 0 heterocycles. The number of amides is 1. The third-order valence-corrected chi connectivity index (χ3v) is 4.68. The van der Waals surface area contributed by atoms with Crippen LogP contribution >= 0.6 is 0 Å². The molecule has 0 spiro atoms. The van der Waals surface area contributed by atoms with E-state index in [-0.39, 0.29) is 18.2 Å². The number of nitrogens with zero attached hydrogens (tertiary/aromatic N) is 2. The van der Waals surface area contributed by atoms with Gasteiger partial charge >= 0.3 is 0 Å². The Morgan fingerprint density at radius 1 is 1.33 bits per heavy atom. The Hall–Kier alpha value is -1.35. The first-order chi connectivity index (χ1) is 10.8. The lowest BCUT2D eigenvalue weighted by molar-refractivity contribution is -0.261. The molecule has 1 fully saturated rings. The summed E-state index contributed by atoms with van der Waals surface area (Å²) >= 11 is 0. The number of carbonyl (C=O) groups excluding carboxylic acids is 1. The Kier molecular flexibility index (Phi) is 6.63. The molecule has 0 radical (unpaired) electrons. The summed E-state index contributed by atoms with van der Waals surface area (Å²) in [5.41, 5.74) is -0.716. The molecule has 1 N–H and O–H groups in total. The molecule has 8 nitrogen and oxygen atoms in total. The average molecular weight is 363 g/mol. The third kappa shape index (κ3) is 7.04. The second-order valence-corrected chi connectivity index (χ2v) is 8.93. The molecule has 0 aromatic rings. The summed E-state index contributed by atoms with van der Waals surface area (Å²) in [5.74, 6) is -1.40. The minimum atomic E-state index is -4.19. The van der Waals surface area contributed by atoms with Crippen LogP contribution in [0.1, 0.15) is 40.0 Å². The molecule has 140 valence electrons. The Bertz CT molecular complexity index is 579. The van der Waals surface area contributed by atoms with E-state index in [4.69, 9.17) is 9.29 Å². The lowest BCUT2D eigenvalue weighted by Crippen LogP contribution is -2.41. The predicted molar refractivity (Wildman–Crippen MR) is 88.0 cm³/mol. The molecule has 0 aromatic heterocycles. The number of aliphatic imine (C=N–C) groups is 1. The van der Waals surface area contributed by atoms with Gasteiger partial charge in [-0.1, -0.05) is 20.8 Å². The molecule has 1 rings (SSSR count). The summed E-state index contributed by atoms with van der Waals surface area (Å²) in [6.07, 6.45) is 0.361. The fourth-order valence-corrected chi connectivity index (χ4v) is 3.78. The van der Waals surface area contributed by atoms with Crippen LogP contribution in [0.3, 0.4) is 0 Å². The number of ether oxygens (including phenoxy) is 1. The summed E-state index contributed by atoms with van der Waals surface area (Å²) in [7, 11) is -0.898. The lowest BCUT2D eigenvalue weighted by Gasteiger charge is -2.36. The van der Waals surface area contributed by atoms with Crippen molar-refractivity contribution in [1.82, 2.24) is 4.90 Å². The summed E-state index contributed by atoms with van der Waals surface area (Å²) in [6.45, 7) is 5.11. The van der Waals surface area contributed by atoms with E-state index in [0.717, 1.165) is 0 Å². The van der Waals surface area contributed by atoms with Crippen LogP contribution in [0.15, 0.2) is 4.99 Å². The van der Waals surface area contributed by atoms with E-state index < -0.39 is 39.5 Å². The van der Waals surface area contributed by atoms with Crippen molar-refractivity contribution in [2.75, 3.05) is 19.8 Å². The number of carbonyl (C=O) groups is 1. The Labute approximate surface area is 143 Å². The van der Waals surface area contributed by atoms with Gasteiger partial charge in [-0.3, -0.25) is 14.3 Å². The van der Waals surface area contributed by atoms with Gasteiger partial charge in [0.05, 0.1) is 11.8 Å². The Morgan fingerprint density at radius 2 is 1.92 bits per heavy atom. The maximum absolute atomic E-state index is 12.2. The highest BCUT2D eigenvalue weighted by atomic mass is 32.2. The molecule has 24 heavy (non-hydrogen) atoms. The molecule has 0 aromatic carbocycles. The van der Waals surface area contributed by atoms with Crippen molar-refractivity contribution >= 4 is 22.1 Å². The van der Waals surface area contributed by atoms with Crippen LogP contribution in [0.25, 0.3) is 0 Å². The van der Waals surface area contributed by atoms with Crippen LogP contribution < -0.4 is 5.11 Å². The van der Waals surface area contributed by atoms with Crippen LogP contribution in [0, 0.1) is 11.8 Å². The van der Waals surface area contributed by atoms with Crippen molar-refractivity contribution in [2.24, 2.45) is 16.8 Å². The molecule has 1 aliphatic rings. The van der Waals surface area contributed by atoms with E-state index in [0.29, 0.717) is 12.8 Å². The molecule has 0 saturated heterocycles. The largest absolute Gasteiger partial charge is 0.595 e. The van der Waals surface area contributed by atoms with Crippen molar-refractivity contribution < 1.29 is 27.6 Å². The van der Waals surface area contributed by atoms with Crippen LogP contribution in [0.2, 0.25) is 0 Å². The Balaban J connectivity index is 2.98. The van der Waals surface area contributed by atoms with E-state index in [1.54, 1.807) is 34.9 Å². The van der Waals surface area contributed by atoms with E-state index in [9.17, 15) is 18.3 Å². The van der Waals surface area contributed by atoms with Crippen LogP contribution in [-0.4, -0.2) is 61.4 Å². The summed E-state index contributed by atoms with van der Waals surface area (Å²) in [4.78, 5) is 17.6. The zero-order valence-corrected chi connectivity index (χ0v) is 15.7. The first kappa shape index (κ1) is 20.7. The van der Waals surface area contributed by atoms with Gasteiger partial charge in [-0.15, -0.1) is 0 Å². The monoisotopic (exact) mass is 363 g/mol. The number of hydrogen-bond acceptors (Lipinski definition) is 6. The number of rotatable bonds is 4. The summed E-state index contributed by atoms with van der Waals surface area (Å²) in [6, 6.07) is -0.676. The highest BCUT2D eigenvalue weighted by Crippen LogP contribution is 2.33. The first-order valence-corrected chi connectivity index (χ1v) is 9.49. The third-order valence-electron chi connectivity index (χ3n) is 3.84. The molecule has 0 bridgehead atoms. The number of hydrogen-bond donors (Lipinski definition) is 1. The molecule has 1 amide bonds. The second kappa shape index (κ2) is 7.69. The van der Waals surface area contributed by atoms with Gasteiger partial charge in [0.25, 0.3) is 10.1 Å². The summed E-state index contributed by atoms with van der Waals surface area (Å²) < 4.78 is 36.7. The zero-order valence-electron chi connectivity index (χ0n) is 14.9. The smallest absolute Gasteiger partial charge is 0.265 e. The van der Waals surface area contributed by atoms with Gasteiger partial charge in [0, 0.05) is 25.6 Å². The molecule has 1 aliphatic carbocycles. The van der Waals surface area contributed by atoms with E-state index in [2.05, 4.69) is 4.99 Å². The lowest BCUT2D eigenvalue weighted by atomic mass is 9.78. The maximum atomic E-state index is 12.2. The van der Waals surface area contributed by atoms with E-state index >= 15 is 0 Å². The van der Waals surface area contributed by atoms with Crippen molar-refractivity contribution in [2.45, 2.75) is 51.7 Å². The van der Waals surface area contributed by atoms with Gasteiger partial charge in [-0.2, -0.15) is 8.42 Å². The standard InChI is InChI=1S/C15H28N2O6S/c1-15(2,3)23-14(19)16-12-8-10(13(18)17(4)5)6-7-11(12)9-24(20,21)22/h10-12H,6-9H2,1-5H3,(H,16,19)(H,20,21,22)/p-1/t10-,11-,12+/m0/s1. The molecule has 0 aliphatic heterocycles. The van der Waals surface area contributed by atoms with Crippen LogP contribution in [-0.2, 0) is 19.6 Å². The van der Waals surface area contributed by atoms with Crippen LogP contribution in [0.5, 0.6) is 0 Å². The van der Waals surface area contributed by atoms with Gasteiger partial charge in [0.1, 0.15) is 6.08 Å². The van der Waals surface area contributed by atoms with Crippen LogP contribution in [0.4, 0.5) is 0 Å². The Morgan fingerprint density at radius 3 is 2.38 bits per heavy atom. The van der Waals surface area contributed by atoms with Gasteiger partial charge in [0.2, 0.25) is 5.91 Å². The van der Waals surface area contributed by atoms with Crippen molar-refractivity contribution in [3.8, 4) is 0 Å². The van der Waals surface area contributed by atoms with Gasteiger partial charge in [-0.25, -0.2) is 0 Å². The van der Waals surface area contributed by atoms with E-state index in [1.807, 2.05) is 0 Å². The van der Waals surface area contributed by atoms with Gasteiger partial charge in [-0.05, 0) is 25.2 Å².